The van der Waals surface area contributed by atoms with Gasteiger partial charge in [-0.25, -0.2) is 0 Å². The second-order valence-corrected chi connectivity index (χ2v) is 11.0. The van der Waals surface area contributed by atoms with Gasteiger partial charge in [0.2, 0.25) is 0 Å². The molecule has 1 fully saturated rings. The minimum atomic E-state index is -0.148. The third kappa shape index (κ3) is 5.24. The lowest BCUT2D eigenvalue weighted by atomic mass is 9.77. The number of rotatable bonds is 4. The van der Waals surface area contributed by atoms with Crippen molar-refractivity contribution in [3.63, 3.8) is 0 Å². The Morgan fingerprint density at radius 1 is 0.839 bits per heavy atom. The number of ether oxygens (including phenoxy) is 1. The number of morpholine rings is 1. The third-order valence-corrected chi connectivity index (χ3v) is 6.20. The first-order valence-corrected chi connectivity index (χ1v) is 11.4. The summed E-state index contributed by atoms with van der Waals surface area (Å²) in [5.41, 5.74) is 5.44. The van der Waals surface area contributed by atoms with Crippen LogP contribution in [0.15, 0.2) is 36.4 Å². The Kier molecular flexibility index (Phi) is 6.73. The molecule has 3 rings (SSSR count). The van der Waals surface area contributed by atoms with E-state index in [1.165, 1.54) is 16.8 Å². The molecule has 2 aromatic rings. The monoisotopic (exact) mass is 424 g/mol. The smallest absolute Gasteiger partial charge is 0.123 e. The van der Waals surface area contributed by atoms with Gasteiger partial charge in [0.05, 0.1) is 19.3 Å². The molecular weight excluding hydrogens is 384 g/mol. The fraction of sp³-hybridized carbons (Fsp3) is 0.556. The zero-order chi connectivity index (χ0) is 23.0. The van der Waals surface area contributed by atoms with Crippen molar-refractivity contribution in [1.82, 2.24) is 4.90 Å². The van der Waals surface area contributed by atoms with Crippen LogP contribution in [-0.4, -0.2) is 50.4 Å². The van der Waals surface area contributed by atoms with Crippen LogP contribution in [0.3, 0.4) is 0 Å². The molecule has 0 aromatic heterocycles. The SMILES string of the molecule is CN(C)c1ccc([C@H](c2cc(C(C)(C)C)c(O)c(C(C)(C)C)c2)N2CCOCC2)cc1. The fourth-order valence-corrected chi connectivity index (χ4v) is 4.36. The lowest BCUT2D eigenvalue weighted by Gasteiger charge is -2.37. The average Bonchev–Trinajstić information content (AvgIpc) is 2.68. The van der Waals surface area contributed by atoms with Gasteiger partial charge >= 0.3 is 0 Å². The molecule has 0 amide bonds. The molecule has 170 valence electrons. The summed E-state index contributed by atoms with van der Waals surface area (Å²) in [7, 11) is 4.14. The highest BCUT2D eigenvalue weighted by Gasteiger charge is 2.31. The number of phenols is 1. The normalized spacial score (nSPS) is 16.9. The summed E-state index contributed by atoms with van der Waals surface area (Å²) in [5.74, 6) is 0.437. The first kappa shape index (κ1) is 23.6. The third-order valence-electron chi connectivity index (χ3n) is 6.20. The minimum Gasteiger partial charge on any atom is -0.507 e. The van der Waals surface area contributed by atoms with E-state index in [2.05, 4.69) is 102 Å². The van der Waals surface area contributed by atoms with Crippen LogP contribution >= 0.6 is 0 Å². The Balaban J connectivity index is 2.20. The number of anilines is 1. The van der Waals surface area contributed by atoms with Gasteiger partial charge in [-0.2, -0.15) is 0 Å². The summed E-state index contributed by atoms with van der Waals surface area (Å²) in [4.78, 5) is 4.64. The van der Waals surface area contributed by atoms with Crippen LogP contribution in [0.25, 0.3) is 0 Å². The predicted molar refractivity (Wildman–Crippen MR) is 131 cm³/mol. The highest BCUT2D eigenvalue weighted by Crippen LogP contribution is 2.43. The second-order valence-electron chi connectivity index (χ2n) is 11.0. The molecule has 1 N–H and O–H groups in total. The van der Waals surface area contributed by atoms with Crippen molar-refractivity contribution in [3.05, 3.63) is 58.7 Å². The molecule has 31 heavy (non-hydrogen) atoms. The van der Waals surface area contributed by atoms with E-state index >= 15 is 0 Å². The van der Waals surface area contributed by atoms with Crippen molar-refractivity contribution in [2.24, 2.45) is 0 Å². The van der Waals surface area contributed by atoms with Crippen LogP contribution in [0.5, 0.6) is 5.75 Å². The molecule has 0 radical (unpaired) electrons. The maximum atomic E-state index is 11.2. The van der Waals surface area contributed by atoms with Crippen molar-refractivity contribution < 1.29 is 9.84 Å². The van der Waals surface area contributed by atoms with Gasteiger partial charge in [0, 0.05) is 32.9 Å². The Labute approximate surface area is 188 Å². The summed E-state index contributed by atoms with van der Waals surface area (Å²) in [6.07, 6.45) is 0. The van der Waals surface area contributed by atoms with Gasteiger partial charge in [0.1, 0.15) is 5.75 Å². The van der Waals surface area contributed by atoms with Crippen molar-refractivity contribution in [2.75, 3.05) is 45.3 Å². The molecule has 0 saturated carbocycles. The predicted octanol–water partition coefficient (Wildman–Crippen LogP) is 5.47. The van der Waals surface area contributed by atoms with Crippen molar-refractivity contribution in [3.8, 4) is 5.75 Å². The van der Waals surface area contributed by atoms with Gasteiger partial charge < -0.3 is 14.7 Å². The van der Waals surface area contributed by atoms with E-state index in [1.54, 1.807) is 0 Å². The van der Waals surface area contributed by atoms with Crippen LogP contribution in [-0.2, 0) is 15.6 Å². The minimum absolute atomic E-state index is 0.128. The fourth-order valence-electron chi connectivity index (χ4n) is 4.36. The van der Waals surface area contributed by atoms with Crippen LogP contribution in [0.1, 0.15) is 69.8 Å². The molecule has 1 aliphatic heterocycles. The van der Waals surface area contributed by atoms with Crippen molar-refractivity contribution in [2.45, 2.75) is 58.4 Å². The lowest BCUT2D eigenvalue weighted by Crippen LogP contribution is -2.39. The second kappa shape index (κ2) is 8.84. The molecule has 0 bridgehead atoms. The van der Waals surface area contributed by atoms with Crippen molar-refractivity contribution >= 4 is 5.69 Å². The molecule has 1 atom stereocenters. The molecule has 0 spiro atoms. The highest BCUT2D eigenvalue weighted by molar-refractivity contribution is 5.53. The molecule has 0 aliphatic carbocycles. The van der Waals surface area contributed by atoms with Crippen LogP contribution in [0.4, 0.5) is 5.69 Å². The largest absolute Gasteiger partial charge is 0.507 e. The quantitative estimate of drug-likeness (QED) is 0.705. The van der Waals surface area contributed by atoms with Crippen molar-refractivity contribution in [1.29, 1.82) is 0 Å². The Bertz CT molecular complexity index is 848. The van der Waals surface area contributed by atoms with Gasteiger partial charge in [-0.15, -0.1) is 0 Å². The lowest BCUT2D eigenvalue weighted by molar-refractivity contribution is 0.0239. The van der Waals surface area contributed by atoms with E-state index in [9.17, 15) is 5.11 Å². The Hall–Kier alpha value is -2.04. The number of aromatic hydroxyl groups is 1. The van der Waals surface area contributed by atoms with Crippen LogP contribution in [0.2, 0.25) is 0 Å². The van der Waals surface area contributed by atoms with Gasteiger partial charge in [-0.3, -0.25) is 4.90 Å². The maximum Gasteiger partial charge on any atom is 0.123 e. The van der Waals surface area contributed by atoms with Gasteiger partial charge in [0.15, 0.2) is 0 Å². The number of phenolic OH excluding ortho intramolecular Hbond substituents is 1. The highest BCUT2D eigenvalue weighted by atomic mass is 16.5. The number of nitrogens with zero attached hydrogens (tertiary/aromatic N) is 2. The van der Waals surface area contributed by atoms with E-state index in [-0.39, 0.29) is 16.9 Å². The molecule has 1 heterocycles. The van der Waals surface area contributed by atoms with E-state index < -0.39 is 0 Å². The summed E-state index contributed by atoms with van der Waals surface area (Å²) in [6.45, 7) is 16.4. The Morgan fingerprint density at radius 3 is 1.74 bits per heavy atom. The summed E-state index contributed by atoms with van der Waals surface area (Å²) in [5, 5.41) is 11.2. The number of hydrogen-bond acceptors (Lipinski definition) is 4. The molecule has 4 nitrogen and oxygen atoms in total. The topological polar surface area (TPSA) is 35.9 Å². The van der Waals surface area contributed by atoms with E-state index in [0.717, 1.165) is 37.4 Å². The van der Waals surface area contributed by atoms with Gasteiger partial charge in [-0.1, -0.05) is 53.7 Å². The zero-order valence-electron chi connectivity index (χ0n) is 20.6. The van der Waals surface area contributed by atoms with Crippen LogP contribution < -0.4 is 4.90 Å². The van der Waals surface area contributed by atoms with E-state index in [1.807, 2.05) is 0 Å². The van der Waals surface area contributed by atoms with Crippen LogP contribution in [0, 0.1) is 0 Å². The average molecular weight is 425 g/mol. The summed E-state index contributed by atoms with van der Waals surface area (Å²) < 4.78 is 5.66. The maximum absolute atomic E-state index is 11.2. The molecule has 0 unspecified atom stereocenters. The number of benzene rings is 2. The first-order valence-electron chi connectivity index (χ1n) is 11.4. The zero-order valence-corrected chi connectivity index (χ0v) is 20.6. The summed E-state index contributed by atoms with van der Waals surface area (Å²) >= 11 is 0. The molecule has 4 heteroatoms. The van der Waals surface area contributed by atoms with Gasteiger partial charge in [0.25, 0.3) is 0 Å². The summed E-state index contributed by atoms with van der Waals surface area (Å²) in [6, 6.07) is 13.5. The number of hydrogen-bond donors (Lipinski definition) is 1. The molecule has 1 aliphatic rings. The Morgan fingerprint density at radius 2 is 1.32 bits per heavy atom. The standard InChI is InChI=1S/C27H40N2O2/c1-26(2,3)22-17-20(18-23(25(22)30)27(4,5)6)24(29-13-15-31-16-14-29)19-9-11-21(12-10-19)28(7)8/h9-12,17-18,24,30H,13-16H2,1-8H3/t24-/m1/s1. The molecule has 1 saturated heterocycles. The van der Waals surface area contributed by atoms with E-state index in [4.69, 9.17) is 4.74 Å². The molecule has 2 aromatic carbocycles. The van der Waals surface area contributed by atoms with E-state index in [0.29, 0.717) is 5.75 Å². The molecular formula is C27H40N2O2. The first-order chi connectivity index (χ1) is 14.4. The van der Waals surface area contributed by atoms with Gasteiger partial charge in [-0.05, 0) is 57.3 Å².